The lowest BCUT2D eigenvalue weighted by molar-refractivity contribution is -0.121. The van der Waals surface area contributed by atoms with Crippen LogP contribution in [0.4, 0.5) is 19.3 Å². The summed E-state index contributed by atoms with van der Waals surface area (Å²) in [6.07, 6.45) is 0. The minimum Gasteiger partial charge on any atom is -0.350 e. The second-order valence-corrected chi connectivity index (χ2v) is 6.34. The molecule has 2 aromatic rings. The summed E-state index contributed by atoms with van der Waals surface area (Å²) in [7, 11) is 0. The number of amides is 3. The molecule has 126 valence electrons. The van der Waals surface area contributed by atoms with Gasteiger partial charge in [0.05, 0.1) is 6.54 Å². The van der Waals surface area contributed by atoms with Crippen LogP contribution in [-0.4, -0.2) is 36.5 Å². The zero-order valence-corrected chi connectivity index (χ0v) is 13.5. The van der Waals surface area contributed by atoms with Gasteiger partial charge in [0.15, 0.2) is 11.6 Å². The second kappa shape index (κ2) is 6.96. The molecule has 1 aliphatic heterocycles. The van der Waals surface area contributed by atoms with Gasteiger partial charge >= 0.3 is 6.03 Å². The Hall–Kier alpha value is -2.48. The van der Waals surface area contributed by atoms with Gasteiger partial charge in [0.1, 0.15) is 6.54 Å². The maximum Gasteiger partial charge on any atom is 0.325 e. The van der Waals surface area contributed by atoms with E-state index in [0.717, 1.165) is 17.0 Å². The van der Waals surface area contributed by atoms with E-state index in [2.05, 4.69) is 5.32 Å². The van der Waals surface area contributed by atoms with Crippen LogP contribution in [0.3, 0.4) is 0 Å². The maximum absolute atomic E-state index is 13.3. The van der Waals surface area contributed by atoms with Crippen molar-refractivity contribution in [2.45, 2.75) is 6.54 Å². The highest BCUT2D eigenvalue weighted by Crippen LogP contribution is 2.22. The molecule has 0 saturated carbocycles. The standard InChI is InChI=1S/C16H15F2N3O2S/c17-13-4-3-11(8-14(13)18)21-6-5-20(16(21)23)10-15(22)19-9-12-2-1-7-24-12/h1-4,7-8H,5-6,9-10H2,(H,19,22). The van der Waals surface area contributed by atoms with Crippen LogP contribution in [0.2, 0.25) is 0 Å². The Morgan fingerprint density at radius 3 is 2.75 bits per heavy atom. The topological polar surface area (TPSA) is 52.7 Å². The van der Waals surface area contributed by atoms with Crippen LogP contribution >= 0.6 is 11.3 Å². The van der Waals surface area contributed by atoms with Crippen LogP contribution in [0.25, 0.3) is 0 Å². The number of nitrogens with zero attached hydrogens (tertiary/aromatic N) is 2. The fraction of sp³-hybridized carbons (Fsp3) is 0.250. The van der Waals surface area contributed by atoms with E-state index in [0.29, 0.717) is 19.6 Å². The smallest absolute Gasteiger partial charge is 0.325 e. The van der Waals surface area contributed by atoms with Crippen molar-refractivity contribution >= 4 is 29.0 Å². The van der Waals surface area contributed by atoms with E-state index in [-0.39, 0.29) is 18.1 Å². The fourth-order valence-corrected chi connectivity index (χ4v) is 3.09. The molecule has 24 heavy (non-hydrogen) atoms. The summed E-state index contributed by atoms with van der Waals surface area (Å²) < 4.78 is 26.3. The number of rotatable bonds is 5. The number of hydrogen-bond acceptors (Lipinski definition) is 3. The number of carbonyl (C=O) groups excluding carboxylic acids is 2. The Balaban J connectivity index is 1.57. The van der Waals surface area contributed by atoms with Crippen LogP contribution in [0.5, 0.6) is 0 Å². The highest BCUT2D eigenvalue weighted by molar-refractivity contribution is 7.09. The van der Waals surface area contributed by atoms with Crippen molar-refractivity contribution in [3.63, 3.8) is 0 Å². The molecule has 1 aromatic carbocycles. The van der Waals surface area contributed by atoms with Crippen molar-refractivity contribution < 1.29 is 18.4 Å². The van der Waals surface area contributed by atoms with E-state index in [4.69, 9.17) is 0 Å². The normalized spacial score (nSPS) is 14.3. The lowest BCUT2D eigenvalue weighted by Gasteiger charge is -2.18. The summed E-state index contributed by atoms with van der Waals surface area (Å²) >= 11 is 1.54. The number of urea groups is 1. The number of hydrogen-bond donors (Lipinski definition) is 1. The zero-order valence-electron chi connectivity index (χ0n) is 12.7. The van der Waals surface area contributed by atoms with E-state index in [9.17, 15) is 18.4 Å². The average Bonchev–Trinajstić information content (AvgIpc) is 3.19. The number of benzene rings is 1. The Morgan fingerprint density at radius 1 is 1.21 bits per heavy atom. The molecule has 3 rings (SSSR count). The number of carbonyl (C=O) groups is 2. The van der Waals surface area contributed by atoms with Crippen molar-refractivity contribution in [2.24, 2.45) is 0 Å². The molecule has 0 bridgehead atoms. The molecule has 2 heterocycles. The number of anilines is 1. The van der Waals surface area contributed by atoms with Gasteiger partial charge in [-0.25, -0.2) is 13.6 Å². The predicted molar refractivity (Wildman–Crippen MR) is 86.8 cm³/mol. The molecule has 1 N–H and O–H groups in total. The summed E-state index contributed by atoms with van der Waals surface area (Å²) in [5.74, 6) is -2.23. The summed E-state index contributed by atoms with van der Waals surface area (Å²) in [5.41, 5.74) is 0.278. The van der Waals surface area contributed by atoms with Crippen LogP contribution in [0, 0.1) is 11.6 Å². The van der Waals surface area contributed by atoms with E-state index in [1.807, 2.05) is 17.5 Å². The third kappa shape index (κ3) is 3.53. The van der Waals surface area contributed by atoms with Crippen LogP contribution in [-0.2, 0) is 11.3 Å². The highest BCUT2D eigenvalue weighted by atomic mass is 32.1. The van der Waals surface area contributed by atoms with E-state index < -0.39 is 17.7 Å². The van der Waals surface area contributed by atoms with Crippen molar-refractivity contribution in [2.75, 3.05) is 24.5 Å². The first kappa shape index (κ1) is 16.4. The van der Waals surface area contributed by atoms with Gasteiger partial charge in [-0.05, 0) is 23.6 Å². The molecule has 1 saturated heterocycles. The molecule has 1 aliphatic rings. The number of thiophene rings is 1. The van der Waals surface area contributed by atoms with Gasteiger partial charge in [-0.3, -0.25) is 9.69 Å². The third-order valence-electron chi connectivity index (χ3n) is 3.68. The molecule has 1 fully saturated rings. The molecule has 1 aromatic heterocycles. The van der Waals surface area contributed by atoms with E-state index in [1.165, 1.54) is 27.2 Å². The van der Waals surface area contributed by atoms with Crippen molar-refractivity contribution in [1.29, 1.82) is 0 Å². The van der Waals surface area contributed by atoms with Crippen LogP contribution in [0.1, 0.15) is 4.88 Å². The monoisotopic (exact) mass is 351 g/mol. The van der Waals surface area contributed by atoms with Gasteiger partial charge in [-0.1, -0.05) is 6.07 Å². The van der Waals surface area contributed by atoms with E-state index >= 15 is 0 Å². The van der Waals surface area contributed by atoms with E-state index in [1.54, 1.807) is 0 Å². The number of nitrogens with one attached hydrogen (secondary N) is 1. The lowest BCUT2D eigenvalue weighted by atomic mass is 10.3. The predicted octanol–water partition coefficient (Wildman–Crippen LogP) is 2.58. The van der Waals surface area contributed by atoms with Gasteiger partial charge in [0.2, 0.25) is 5.91 Å². The Bertz CT molecular complexity index is 752. The molecular weight excluding hydrogens is 336 g/mol. The van der Waals surface area contributed by atoms with Crippen LogP contribution in [0.15, 0.2) is 35.7 Å². The minimum atomic E-state index is -1.01. The third-order valence-corrected chi connectivity index (χ3v) is 4.56. The van der Waals surface area contributed by atoms with Gasteiger partial charge in [0, 0.05) is 29.7 Å². The Labute approximate surface area is 141 Å². The zero-order chi connectivity index (χ0) is 17.1. The first-order chi connectivity index (χ1) is 11.5. The first-order valence-corrected chi connectivity index (χ1v) is 8.23. The van der Waals surface area contributed by atoms with Crippen molar-refractivity contribution in [3.05, 3.63) is 52.2 Å². The van der Waals surface area contributed by atoms with Gasteiger partial charge in [-0.15, -0.1) is 11.3 Å². The molecule has 3 amide bonds. The molecule has 0 unspecified atom stereocenters. The summed E-state index contributed by atoms with van der Waals surface area (Å²) in [4.78, 5) is 28.0. The molecule has 5 nitrogen and oxygen atoms in total. The van der Waals surface area contributed by atoms with Crippen molar-refractivity contribution in [1.82, 2.24) is 10.2 Å². The lowest BCUT2D eigenvalue weighted by Crippen LogP contribution is -2.39. The summed E-state index contributed by atoms with van der Waals surface area (Å²) in [5, 5.41) is 4.67. The molecule has 0 aliphatic carbocycles. The summed E-state index contributed by atoms with van der Waals surface area (Å²) in [6.45, 7) is 1.03. The average molecular weight is 351 g/mol. The quantitative estimate of drug-likeness (QED) is 0.900. The first-order valence-electron chi connectivity index (χ1n) is 7.35. The van der Waals surface area contributed by atoms with Crippen molar-refractivity contribution in [3.8, 4) is 0 Å². The largest absolute Gasteiger partial charge is 0.350 e. The van der Waals surface area contributed by atoms with Gasteiger partial charge in [-0.2, -0.15) is 0 Å². The molecule has 0 radical (unpaired) electrons. The number of halogens is 2. The summed E-state index contributed by atoms with van der Waals surface area (Å²) in [6, 6.07) is 6.72. The minimum absolute atomic E-state index is 0.0651. The SMILES string of the molecule is O=C(CN1CCN(c2ccc(F)c(F)c2)C1=O)NCc1cccs1. The second-order valence-electron chi connectivity index (χ2n) is 5.31. The molecular formula is C16H15F2N3O2S. The Morgan fingerprint density at radius 2 is 2.04 bits per heavy atom. The van der Waals surface area contributed by atoms with Gasteiger partial charge in [0.25, 0.3) is 0 Å². The molecule has 8 heteroatoms. The van der Waals surface area contributed by atoms with Gasteiger partial charge < -0.3 is 10.2 Å². The maximum atomic E-state index is 13.3. The highest BCUT2D eigenvalue weighted by Gasteiger charge is 2.31. The Kier molecular flexibility index (Phi) is 4.75. The fourth-order valence-electron chi connectivity index (χ4n) is 2.45. The molecule has 0 atom stereocenters. The van der Waals surface area contributed by atoms with Crippen LogP contribution < -0.4 is 10.2 Å². The molecule has 0 spiro atoms.